The van der Waals surface area contributed by atoms with Gasteiger partial charge < -0.3 is 15.5 Å². The van der Waals surface area contributed by atoms with E-state index in [9.17, 15) is 14.0 Å². The molecule has 3 rings (SSSR count). The highest BCUT2D eigenvalue weighted by Crippen LogP contribution is 2.30. The number of carbonyl (C=O) groups excluding carboxylic acids is 2. The van der Waals surface area contributed by atoms with Crippen molar-refractivity contribution >= 4 is 29.1 Å². The number of halogens is 2. The summed E-state index contributed by atoms with van der Waals surface area (Å²) in [4.78, 5) is 26.5. The first-order valence-electron chi connectivity index (χ1n) is 8.83. The number of rotatable bonds is 3. The maximum Gasteiger partial charge on any atom is 0.313 e. The zero-order valence-corrected chi connectivity index (χ0v) is 14.8. The van der Waals surface area contributed by atoms with Gasteiger partial charge >= 0.3 is 11.8 Å². The third kappa shape index (κ3) is 4.50. The van der Waals surface area contributed by atoms with Gasteiger partial charge in [0, 0.05) is 18.3 Å². The number of nitrogens with zero attached hydrogens (tertiary/aromatic N) is 1. The summed E-state index contributed by atoms with van der Waals surface area (Å²) in [5.74, 6) is -1.74. The quantitative estimate of drug-likeness (QED) is 0.807. The van der Waals surface area contributed by atoms with Crippen LogP contribution in [0, 0.1) is 11.7 Å². The fourth-order valence-electron chi connectivity index (χ4n) is 3.88. The second-order valence-corrected chi connectivity index (χ2v) is 7.20. The van der Waals surface area contributed by atoms with Crippen molar-refractivity contribution in [2.75, 3.05) is 25.0 Å². The maximum absolute atomic E-state index is 13.4. The molecule has 2 saturated heterocycles. The number of hydrogen-bond acceptors (Lipinski definition) is 3. The molecule has 0 saturated carbocycles. The van der Waals surface area contributed by atoms with E-state index >= 15 is 0 Å². The predicted octanol–water partition coefficient (Wildman–Crippen LogP) is 2.80. The van der Waals surface area contributed by atoms with E-state index in [1.54, 1.807) is 0 Å². The van der Waals surface area contributed by atoms with Crippen LogP contribution in [0.4, 0.5) is 10.1 Å². The molecule has 2 amide bonds. The van der Waals surface area contributed by atoms with E-state index < -0.39 is 17.6 Å². The second kappa shape index (κ2) is 8.15. The molecule has 2 fully saturated rings. The summed E-state index contributed by atoms with van der Waals surface area (Å²) in [5.41, 5.74) is 0.207. The number of nitrogens with one attached hydrogen (secondary N) is 2. The monoisotopic (exact) mass is 367 g/mol. The van der Waals surface area contributed by atoms with Crippen molar-refractivity contribution in [2.24, 2.45) is 5.92 Å². The number of piperidine rings is 2. The molecule has 5 nitrogen and oxygen atoms in total. The summed E-state index contributed by atoms with van der Waals surface area (Å²) in [6.07, 6.45) is 5.85. The largest absolute Gasteiger partial charge is 0.347 e. The molecule has 136 valence electrons. The molecule has 0 aromatic heterocycles. The minimum absolute atomic E-state index is 0.0308. The highest BCUT2D eigenvalue weighted by Gasteiger charge is 2.33. The van der Waals surface area contributed by atoms with E-state index in [2.05, 4.69) is 15.5 Å². The average molecular weight is 368 g/mol. The molecular weight excluding hydrogens is 345 g/mol. The standard InChI is InChI=1S/C18H23ClFN3O2/c19-14-7-6-13(10-15(14)20)22-18(25)17(24)21-11-12-4-3-9-23-8-2-1-5-16(12)23/h6-7,10,12,16H,1-5,8-9,11H2,(H,21,24)(H,22,25)/t12-,16+/m1/s1. The molecule has 0 bridgehead atoms. The summed E-state index contributed by atoms with van der Waals surface area (Å²) in [7, 11) is 0. The normalized spacial score (nSPS) is 23.6. The lowest BCUT2D eigenvalue weighted by molar-refractivity contribution is -0.136. The minimum atomic E-state index is -0.793. The fourth-order valence-corrected chi connectivity index (χ4v) is 4.00. The summed E-state index contributed by atoms with van der Waals surface area (Å²) in [6, 6.07) is 4.40. The van der Waals surface area contributed by atoms with Crippen LogP contribution in [0.1, 0.15) is 32.1 Å². The van der Waals surface area contributed by atoms with Crippen LogP contribution in [0.5, 0.6) is 0 Å². The molecule has 0 spiro atoms. The molecule has 2 atom stereocenters. The van der Waals surface area contributed by atoms with E-state index in [1.165, 1.54) is 25.0 Å². The number of hydrogen-bond donors (Lipinski definition) is 2. The number of benzene rings is 1. The van der Waals surface area contributed by atoms with Crippen molar-refractivity contribution in [1.29, 1.82) is 0 Å². The Labute approximate surface area is 151 Å². The van der Waals surface area contributed by atoms with Crippen LogP contribution in [0.25, 0.3) is 0 Å². The van der Waals surface area contributed by atoms with Crippen molar-refractivity contribution in [3.05, 3.63) is 29.0 Å². The zero-order chi connectivity index (χ0) is 17.8. The summed E-state index contributed by atoms with van der Waals surface area (Å²) in [6.45, 7) is 2.78. The topological polar surface area (TPSA) is 61.4 Å². The molecule has 2 aliphatic rings. The first kappa shape index (κ1) is 18.1. The van der Waals surface area contributed by atoms with Gasteiger partial charge in [0.1, 0.15) is 5.82 Å². The van der Waals surface area contributed by atoms with Crippen LogP contribution in [0.15, 0.2) is 18.2 Å². The lowest BCUT2D eigenvalue weighted by Crippen LogP contribution is -2.51. The van der Waals surface area contributed by atoms with Gasteiger partial charge in [-0.2, -0.15) is 0 Å². The van der Waals surface area contributed by atoms with Gasteiger partial charge in [-0.05, 0) is 62.9 Å². The number of anilines is 1. The molecule has 0 unspecified atom stereocenters. The third-order valence-electron chi connectivity index (χ3n) is 5.14. The maximum atomic E-state index is 13.4. The second-order valence-electron chi connectivity index (χ2n) is 6.79. The first-order chi connectivity index (χ1) is 12.0. The van der Waals surface area contributed by atoms with Gasteiger partial charge in [-0.25, -0.2) is 4.39 Å². The number of fused-ring (bicyclic) bond motifs is 1. The van der Waals surface area contributed by atoms with Crippen LogP contribution < -0.4 is 10.6 Å². The molecule has 0 radical (unpaired) electrons. The Bertz CT molecular complexity index is 653. The lowest BCUT2D eigenvalue weighted by Gasteiger charge is -2.44. The van der Waals surface area contributed by atoms with E-state index in [4.69, 9.17) is 11.6 Å². The Hall–Kier alpha value is -1.66. The van der Waals surface area contributed by atoms with Crippen LogP contribution in [0.3, 0.4) is 0 Å². The Morgan fingerprint density at radius 1 is 1.16 bits per heavy atom. The van der Waals surface area contributed by atoms with Crippen LogP contribution in [-0.4, -0.2) is 42.4 Å². The fraction of sp³-hybridized carbons (Fsp3) is 0.556. The van der Waals surface area contributed by atoms with Crippen molar-refractivity contribution in [3.63, 3.8) is 0 Å². The molecule has 25 heavy (non-hydrogen) atoms. The van der Waals surface area contributed by atoms with Gasteiger partial charge in [0.2, 0.25) is 0 Å². The summed E-state index contributed by atoms with van der Waals surface area (Å²) >= 11 is 5.60. The first-order valence-corrected chi connectivity index (χ1v) is 9.20. The third-order valence-corrected chi connectivity index (χ3v) is 5.44. The number of amides is 2. The van der Waals surface area contributed by atoms with Gasteiger partial charge in [0.05, 0.1) is 5.02 Å². The van der Waals surface area contributed by atoms with E-state index in [-0.39, 0.29) is 10.7 Å². The van der Waals surface area contributed by atoms with Crippen LogP contribution in [-0.2, 0) is 9.59 Å². The molecule has 2 aliphatic heterocycles. The van der Waals surface area contributed by atoms with Crippen LogP contribution >= 0.6 is 11.6 Å². The summed E-state index contributed by atoms with van der Waals surface area (Å²) < 4.78 is 13.4. The smallest absolute Gasteiger partial charge is 0.313 e. The average Bonchev–Trinajstić information content (AvgIpc) is 2.62. The highest BCUT2D eigenvalue weighted by molar-refractivity contribution is 6.39. The Balaban J connectivity index is 1.51. The van der Waals surface area contributed by atoms with Crippen molar-refractivity contribution in [3.8, 4) is 0 Å². The number of carbonyl (C=O) groups is 2. The SMILES string of the molecule is O=C(NC[C@H]1CCCN2CCCC[C@@H]12)C(=O)Nc1ccc(Cl)c(F)c1. The Kier molecular flexibility index (Phi) is 5.91. The molecule has 2 heterocycles. The van der Waals surface area contributed by atoms with Crippen LogP contribution in [0.2, 0.25) is 5.02 Å². The molecule has 7 heteroatoms. The van der Waals surface area contributed by atoms with Crippen molar-refractivity contribution in [1.82, 2.24) is 10.2 Å². The molecular formula is C18H23ClFN3O2. The molecule has 0 aliphatic carbocycles. The van der Waals surface area contributed by atoms with Gasteiger partial charge in [0.15, 0.2) is 0 Å². The zero-order valence-electron chi connectivity index (χ0n) is 14.1. The molecule has 2 N–H and O–H groups in total. The Morgan fingerprint density at radius 2 is 1.96 bits per heavy atom. The van der Waals surface area contributed by atoms with Gasteiger partial charge in [0.25, 0.3) is 0 Å². The molecule has 1 aromatic carbocycles. The van der Waals surface area contributed by atoms with E-state index in [0.717, 1.165) is 38.4 Å². The van der Waals surface area contributed by atoms with E-state index in [0.29, 0.717) is 18.5 Å². The van der Waals surface area contributed by atoms with E-state index in [1.807, 2.05) is 0 Å². The lowest BCUT2D eigenvalue weighted by atomic mass is 9.83. The predicted molar refractivity (Wildman–Crippen MR) is 95.0 cm³/mol. The van der Waals surface area contributed by atoms with Gasteiger partial charge in [-0.1, -0.05) is 18.0 Å². The highest BCUT2D eigenvalue weighted by atomic mass is 35.5. The van der Waals surface area contributed by atoms with Crippen molar-refractivity contribution < 1.29 is 14.0 Å². The Morgan fingerprint density at radius 3 is 2.76 bits per heavy atom. The van der Waals surface area contributed by atoms with Gasteiger partial charge in [-0.3, -0.25) is 9.59 Å². The minimum Gasteiger partial charge on any atom is -0.347 e. The van der Waals surface area contributed by atoms with Gasteiger partial charge in [-0.15, -0.1) is 0 Å². The molecule has 1 aromatic rings. The summed E-state index contributed by atoms with van der Waals surface area (Å²) in [5, 5.41) is 5.10. The van der Waals surface area contributed by atoms with Crippen molar-refractivity contribution in [2.45, 2.75) is 38.1 Å².